The monoisotopic (exact) mass is 477 g/mol. The normalized spacial score (nSPS) is 20.2. The molecule has 0 radical (unpaired) electrons. The van der Waals surface area contributed by atoms with Crippen LogP contribution in [0.25, 0.3) is 0 Å². The minimum Gasteiger partial charge on any atom is -0.497 e. The molecular formula is C26H27N3O4S. The fourth-order valence-electron chi connectivity index (χ4n) is 4.50. The predicted octanol–water partition coefficient (Wildman–Crippen LogP) is 5.16. The van der Waals surface area contributed by atoms with Crippen molar-refractivity contribution in [1.82, 2.24) is 4.98 Å². The second-order valence-electron chi connectivity index (χ2n) is 8.67. The van der Waals surface area contributed by atoms with Crippen LogP contribution in [0.1, 0.15) is 48.9 Å². The molecular weight excluding hydrogens is 450 g/mol. The molecule has 2 unspecified atom stereocenters. The molecule has 2 heterocycles. The van der Waals surface area contributed by atoms with E-state index in [0.717, 1.165) is 35.5 Å². The number of methoxy groups -OCH3 is 2. The first kappa shape index (κ1) is 22.4. The Labute approximate surface area is 202 Å². The Bertz CT molecular complexity index is 1170. The van der Waals surface area contributed by atoms with Crippen molar-refractivity contribution in [3.63, 3.8) is 0 Å². The number of anilines is 2. The molecule has 8 heteroatoms. The van der Waals surface area contributed by atoms with Gasteiger partial charge in [-0.05, 0) is 61.2 Å². The lowest BCUT2D eigenvalue weighted by Gasteiger charge is -2.40. The number of hydrogen-bond donors (Lipinski definition) is 1. The molecule has 2 amide bonds. The summed E-state index contributed by atoms with van der Waals surface area (Å²) in [5, 5.41) is 5.68. The summed E-state index contributed by atoms with van der Waals surface area (Å²) in [6, 6.07) is 14.5. The molecule has 2 aliphatic rings. The van der Waals surface area contributed by atoms with Gasteiger partial charge in [0.2, 0.25) is 11.8 Å². The maximum atomic E-state index is 13.5. The van der Waals surface area contributed by atoms with Crippen molar-refractivity contribution < 1.29 is 19.1 Å². The molecule has 3 aromatic rings. The van der Waals surface area contributed by atoms with Crippen LogP contribution < -0.4 is 19.7 Å². The number of nitrogens with zero attached hydrogens (tertiary/aromatic N) is 2. The van der Waals surface area contributed by atoms with Crippen LogP contribution in [0.3, 0.4) is 0 Å². The van der Waals surface area contributed by atoms with Crippen molar-refractivity contribution >= 4 is 34.0 Å². The molecule has 34 heavy (non-hydrogen) atoms. The van der Waals surface area contributed by atoms with E-state index in [-0.39, 0.29) is 11.8 Å². The quantitative estimate of drug-likeness (QED) is 0.508. The van der Waals surface area contributed by atoms with Gasteiger partial charge >= 0.3 is 0 Å². The van der Waals surface area contributed by atoms with Gasteiger partial charge in [-0.25, -0.2) is 4.98 Å². The molecule has 1 aliphatic heterocycles. The van der Waals surface area contributed by atoms with Gasteiger partial charge in [-0.15, -0.1) is 11.3 Å². The molecule has 1 aliphatic carbocycles. The summed E-state index contributed by atoms with van der Waals surface area (Å²) in [5.74, 6) is 1.40. The largest absolute Gasteiger partial charge is 0.497 e. The van der Waals surface area contributed by atoms with E-state index >= 15 is 0 Å². The SMILES string of the molecule is COc1ccc(C2C(C(=O)Nc3nc(C4CC4)cs3)CCC(=O)N2c2ccc(OC)cc2)cc1. The number of carbonyl (C=O) groups is 2. The number of amides is 2. The van der Waals surface area contributed by atoms with Crippen LogP contribution in [0.2, 0.25) is 0 Å². The first-order valence-corrected chi connectivity index (χ1v) is 12.3. The van der Waals surface area contributed by atoms with Crippen LogP contribution in [0.15, 0.2) is 53.9 Å². The van der Waals surface area contributed by atoms with Crippen molar-refractivity contribution in [1.29, 1.82) is 0 Å². The van der Waals surface area contributed by atoms with E-state index in [9.17, 15) is 9.59 Å². The van der Waals surface area contributed by atoms with Gasteiger partial charge in [-0.2, -0.15) is 0 Å². The smallest absolute Gasteiger partial charge is 0.231 e. The Morgan fingerprint density at radius 3 is 2.26 bits per heavy atom. The Morgan fingerprint density at radius 2 is 1.65 bits per heavy atom. The van der Waals surface area contributed by atoms with E-state index < -0.39 is 12.0 Å². The van der Waals surface area contributed by atoms with Gasteiger partial charge in [0.1, 0.15) is 11.5 Å². The number of thiazole rings is 1. The summed E-state index contributed by atoms with van der Waals surface area (Å²) < 4.78 is 10.6. The highest BCUT2D eigenvalue weighted by Gasteiger charge is 2.41. The standard InChI is InChI=1S/C26H27N3O4S/c1-32-19-9-5-17(6-10-19)24-21(25(31)28-26-27-22(15-34-26)16-3-4-16)13-14-23(30)29(24)18-7-11-20(33-2)12-8-18/h5-12,15-16,21,24H,3-4,13-14H2,1-2H3,(H,27,28,31). The lowest BCUT2D eigenvalue weighted by Crippen LogP contribution is -2.46. The van der Waals surface area contributed by atoms with Crippen LogP contribution in [0, 0.1) is 5.92 Å². The Morgan fingerprint density at radius 1 is 1.00 bits per heavy atom. The zero-order valence-corrected chi connectivity index (χ0v) is 20.0. The van der Waals surface area contributed by atoms with Gasteiger partial charge in [0.15, 0.2) is 5.13 Å². The molecule has 0 spiro atoms. The molecule has 2 aromatic carbocycles. The summed E-state index contributed by atoms with van der Waals surface area (Å²) in [5.41, 5.74) is 2.67. The minimum atomic E-state index is -0.455. The van der Waals surface area contributed by atoms with Crippen LogP contribution >= 0.6 is 11.3 Å². The topological polar surface area (TPSA) is 80.8 Å². The first-order chi connectivity index (χ1) is 16.6. The van der Waals surface area contributed by atoms with Crippen molar-refractivity contribution in [3.8, 4) is 11.5 Å². The number of carbonyl (C=O) groups excluding carboxylic acids is 2. The van der Waals surface area contributed by atoms with Gasteiger partial charge in [-0.1, -0.05) is 12.1 Å². The lowest BCUT2D eigenvalue weighted by atomic mass is 9.83. The van der Waals surface area contributed by atoms with Gasteiger partial charge in [0, 0.05) is 23.4 Å². The van der Waals surface area contributed by atoms with Gasteiger partial charge in [0.05, 0.1) is 31.9 Å². The highest BCUT2D eigenvalue weighted by molar-refractivity contribution is 7.13. The van der Waals surface area contributed by atoms with Crippen LogP contribution in [0.5, 0.6) is 11.5 Å². The maximum Gasteiger partial charge on any atom is 0.231 e. The van der Waals surface area contributed by atoms with Gasteiger partial charge in [0.25, 0.3) is 0 Å². The first-order valence-electron chi connectivity index (χ1n) is 11.4. The van der Waals surface area contributed by atoms with Gasteiger partial charge < -0.3 is 19.7 Å². The molecule has 1 aromatic heterocycles. The number of ether oxygens (including phenoxy) is 2. The van der Waals surface area contributed by atoms with E-state index in [1.165, 1.54) is 11.3 Å². The second-order valence-corrected chi connectivity index (χ2v) is 9.52. The summed E-state index contributed by atoms with van der Waals surface area (Å²) in [7, 11) is 3.22. The number of hydrogen-bond acceptors (Lipinski definition) is 6. The van der Waals surface area contributed by atoms with Crippen LogP contribution in [0.4, 0.5) is 10.8 Å². The van der Waals surface area contributed by atoms with Crippen LogP contribution in [-0.2, 0) is 9.59 Å². The lowest BCUT2D eigenvalue weighted by molar-refractivity contribution is -0.125. The Kier molecular flexibility index (Phi) is 6.24. The molecule has 176 valence electrons. The fourth-order valence-corrected chi connectivity index (χ4v) is 5.30. The third kappa shape index (κ3) is 4.50. The summed E-state index contributed by atoms with van der Waals surface area (Å²) in [6.45, 7) is 0. The van der Waals surface area contributed by atoms with Crippen molar-refractivity contribution in [3.05, 3.63) is 65.2 Å². The average molecular weight is 478 g/mol. The number of rotatable bonds is 7. The average Bonchev–Trinajstić information content (AvgIpc) is 3.62. The molecule has 2 fully saturated rings. The fraction of sp³-hybridized carbons (Fsp3) is 0.346. The van der Waals surface area contributed by atoms with Gasteiger partial charge in [-0.3, -0.25) is 9.59 Å². The third-order valence-corrected chi connectivity index (χ3v) is 7.27. The molecule has 0 bridgehead atoms. The van der Waals surface area contributed by atoms with E-state index in [4.69, 9.17) is 9.47 Å². The van der Waals surface area contributed by atoms with E-state index in [1.54, 1.807) is 19.1 Å². The van der Waals surface area contributed by atoms with E-state index in [0.29, 0.717) is 29.6 Å². The molecule has 1 saturated heterocycles. The molecule has 1 saturated carbocycles. The zero-order chi connectivity index (χ0) is 23.7. The molecule has 1 N–H and O–H groups in total. The summed E-state index contributed by atoms with van der Waals surface area (Å²) in [6.07, 6.45) is 3.09. The Balaban J connectivity index is 1.48. The Hall–Kier alpha value is -3.39. The summed E-state index contributed by atoms with van der Waals surface area (Å²) in [4.78, 5) is 33.1. The highest BCUT2D eigenvalue weighted by Crippen LogP contribution is 2.43. The second kappa shape index (κ2) is 9.46. The van der Waals surface area contributed by atoms with Crippen molar-refractivity contribution in [2.75, 3.05) is 24.4 Å². The third-order valence-electron chi connectivity index (χ3n) is 6.49. The van der Waals surface area contributed by atoms with Crippen LogP contribution in [-0.4, -0.2) is 31.0 Å². The number of aromatic nitrogens is 1. The number of nitrogens with one attached hydrogen (secondary N) is 1. The predicted molar refractivity (Wildman–Crippen MR) is 132 cm³/mol. The van der Waals surface area contributed by atoms with Crippen molar-refractivity contribution in [2.45, 2.75) is 37.6 Å². The maximum absolute atomic E-state index is 13.5. The minimum absolute atomic E-state index is 0.0136. The number of benzene rings is 2. The van der Waals surface area contributed by atoms with E-state index in [1.807, 2.05) is 53.9 Å². The molecule has 5 rings (SSSR count). The highest BCUT2D eigenvalue weighted by atomic mass is 32.1. The van der Waals surface area contributed by atoms with E-state index in [2.05, 4.69) is 10.3 Å². The summed E-state index contributed by atoms with van der Waals surface area (Å²) >= 11 is 1.46. The molecule has 7 nitrogen and oxygen atoms in total. The zero-order valence-electron chi connectivity index (χ0n) is 19.2. The molecule has 2 atom stereocenters. The number of piperidine rings is 1. The van der Waals surface area contributed by atoms with Crippen molar-refractivity contribution in [2.24, 2.45) is 5.92 Å².